The van der Waals surface area contributed by atoms with E-state index in [0.717, 1.165) is 24.2 Å². The summed E-state index contributed by atoms with van der Waals surface area (Å²) in [6, 6.07) is 5.55. The molecular weight excluding hydrogens is 279 g/mol. The van der Waals surface area contributed by atoms with E-state index in [1.807, 2.05) is 16.7 Å². The Morgan fingerprint density at radius 2 is 2.06 bits per heavy atom. The molecule has 0 atom stereocenters. The van der Waals surface area contributed by atoms with Crippen molar-refractivity contribution >= 4 is 34.8 Å². The topological polar surface area (TPSA) is 17.8 Å². The molecular formula is C12H11Cl3N2. The van der Waals surface area contributed by atoms with Crippen molar-refractivity contribution in [2.45, 2.75) is 18.8 Å². The van der Waals surface area contributed by atoms with E-state index in [4.69, 9.17) is 34.8 Å². The summed E-state index contributed by atoms with van der Waals surface area (Å²) >= 11 is 17.8. The van der Waals surface area contributed by atoms with Crippen LogP contribution in [0.2, 0.25) is 10.0 Å². The number of halogens is 3. The maximum atomic E-state index is 6.11. The van der Waals surface area contributed by atoms with Gasteiger partial charge in [-0.1, -0.05) is 29.3 Å². The van der Waals surface area contributed by atoms with Gasteiger partial charge in [-0.05, 0) is 24.1 Å². The fourth-order valence-electron chi connectivity index (χ4n) is 1.63. The molecule has 90 valence electrons. The fourth-order valence-corrected chi connectivity index (χ4v) is 2.35. The van der Waals surface area contributed by atoms with Gasteiger partial charge in [-0.2, -0.15) is 0 Å². The largest absolute Gasteiger partial charge is 0.333 e. The van der Waals surface area contributed by atoms with E-state index in [0.29, 0.717) is 15.9 Å². The quantitative estimate of drug-likeness (QED) is 0.772. The molecule has 0 saturated carbocycles. The first-order valence-electron chi connectivity index (χ1n) is 5.19. The van der Waals surface area contributed by atoms with Gasteiger partial charge in [0.25, 0.3) is 0 Å². The van der Waals surface area contributed by atoms with Crippen molar-refractivity contribution in [2.24, 2.45) is 0 Å². The van der Waals surface area contributed by atoms with E-state index >= 15 is 0 Å². The molecule has 1 aromatic carbocycles. The fraction of sp³-hybridized carbons (Fsp3) is 0.250. The SMILES string of the molecule is ClCc1cncn1CCc1ccc(Cl)cc1Cl. The highest BCUT2D eigenvalue weighted by atomic mass is 35.5. The molecule has 2 aromatic rings. The number of hydrogen-bond donors (Lipinski definition) is 0. The molecule has 0 aliphatic heterocycles. The maximum absolute atomic E-state index is 6.11. The minimum Gasteiger partial charge on any atom is -0.333 e. The third kappa shape index (κ3) is 3.15. The summed E-state index contributed by atoms with van der Waals surface area (Å²) in [4.78, 5) is 4.07. The third-order valence-corrected chi connectivity index (χ3v) is 3.43. The first-order valence-corrected chi connectivity index (χ1v) is 6.48. The van der Waals surface area contributed by atoms with Gasteiger partial charge < -0.3 is 4.57 Å². The summed E-state index contributed by atoms with van der Waals surface area (Å²) in [5, 5.41) is 1.35. The van der Waals surface area contributed by atoms with Crippen LogP contribution in [0, 0.1) is 0 Å². The monoisotopic (exact) mass is 288 g/mol. The number of benzene rings is 1. The second-order valence-electron chi connectivity index (χ2n) is 3.70. The molecule has 5 heteroatoms. The average Bonchev–Trinajstić information content (AvgIpc) is 2.75. The normalized spacial score (nSPS) is 10.8. The number of rotatable bonds is 4. The first kappa shape index (κ1) is 12.7. The Bertz CT molecular complexity index is 508. The highest BCUT2D eigenvalue weighted by Crippen LogP contribution is 2.21. The molecule has 0 bridgehead atoms. The van der Waals surface area contributed by atoms with Crippen LogP contribution in [0.15, 0.2) is 30.7 Å². The predicted molar refractivity (Wildman–Crippen MR) is 72.0 cm³/mol. The van der Waals surface area contributed by atoms with Crippen LogP contribution in [0.25, 0.3) is 0 Å². The number of hydrogen-bond acceptors (Lipinski definition) is 1. The highest BCUT2D eigenvalue weighted by Gasteiger charge is 2.04. The van der Waals surface area contributed by atoms with Crippen LogP contribution in [-0.4, -0.2) is 9.55 Å². The predicted octanol–water partition coefficient (Wildman–Crippen LogP) is 4.17. The van der Waals surface area contributed by atoms with Gasteiger partial charge in [0.15, 0.2) is 0 Å². The molecule has 0 radical (unpaired) electrons. The molecule has 1 heterocycles. The van der Waals surface area contributed by atoms with Crippen molar-refractivity contribution < 1.29 is 0 Å². The van der Waals surface area contributed by atoms with Crippen LogP contribution in [-0.2, 0) is 18.8 Å². The van der Waals surface area contributed by atoms with Gasteiger partial charge in [-0.25, -0.2) is 4.98 Å². The summed E-state index contributed by atoms with van der Waals surface area (Å²) in [5.74, 6) is 0.467. The molecule has 0 fully saturated rings. The van der Waals surface area contributed by atoms with E-state index in [1.54, 1.807) is 18.6 Å². The standard InChI is InChI=1S/C12H11Cl3N2/c13-6-11-7-16-8-17(11)4-3-9-1-2-10(14)5-12(9)15/h1-2,5,7-8H,3-4,6H2. The lowest BCUT2D eigenvalue weighted by Crippen LogP contribution is -2.03. The van der Waals surface area contributed by atoms with Gasteiger partial charge in [0.05, 0.1) is 17.9 Å². The molecule has 0 N–H and O–H groups in total. The van der Waals surface area contributed by atoms with Crippen molar-refractivity contribution in [2.75, 3.05) is 0 Å². The summed E-state index contributed by atoms with van der Waals surface area (Å²) in [6.07, 6.45) is 4.38. The Morgan fingerprint density at radius 1 is 1.24 bits per heavy atom. The number of nitrogens with zero attached hydrogens (tertiary/aromatic N) is 2. The second-order valence-corrected chi connectivity index (χ2v) is 4.81. The molecule has 0 unspecified atom stereocenters. The lowest BCUT2D eigenvalue weighted by Gasteiger charge is -2.07. The lowest BCUT2D eigenvalue weighted by molar-refractivity contribution is 0.674. The van der Waals surface area contributed by atoms with E-state index in [9.17, 15) is 0 Å². The van der Waals surface area contributed by atoms with Crippen molar-refractivity contribution in [3.63, 3.8) is 0 Å². The number of aromatic nitrogens is 2. The van der Waals surface area contributed by atoms with Crippen LogP contribution in [0.1, 0.15) is 11.3 Å². The summed E-state index contributed by atoms with van der Waals surface area (Å²) in [5.41, 5.74) is 2.09. The zero-order valence-electron chi connectivity index (χ0n) is 9.04. The number of imidazole rings is 1. The van der Waals surface area contributed by atoms with Crippen LogP contribution in [0.5, 0.6) is 0 Å². The van der Waals surface area contributed by atoms with Crippen molar-refractivity contribution in [1.29, 1.82) is 0 Å². The molecule has 17 heavy (non-hydrogen) atoms. The Morgan fingerprint density at radius 3 is 2.76 bits per heavy atom. The van der Waals surface area contributed by atoms with E-state index in [-0.39, 0.29) is 0 Å². The van der Waals surface area contributed by atoms with E-state index in [1.165, 1.54) is 0 Å². The Balaban J connectivity index is 2.07. The second kappa shape index (κ2) is 5.76. The van der Waals surface area contributed by atoms with E-state index < -0.39 is 0 Å². The summed E-state index contributed by atoms with van der Waals surface area (Å²) < 4.78 is 2.03. The lowest BCUT2D eigenvalue weighted by atomic mass is 10.1. The highest BCUT2D eigenvalue weighted by molar-refractivity contribution is 6.35. The Labute approximate surface area is 115 Å². The first-order chi connectivity index (χ1) is 8.20. The van der Waals surface area contributed by atoms with Crippen LogP contribution >= 0.6 is 34.8 Å². The van der Waals surface area contributed by atoms with Gasteiger partial charge >= 0.3 is 0 Å². The zero-order valence-corrected chi connectivity index (χ0v) is 11.3. The van der Waals surface area contributed by atoms with Gasteiger partial charge in [0.2, 0.25) is 0 Å². The van der Waals surface area contributed by atoms with Gasteiger partial charge in [0, 0.05) is 22.8 Å². The van der Waals surface area contributed by atoms with Crippen molar-refractivity contribution in [3.8, 4) is 0 Å². The van der Waals surface area contributed by atoms with Crippen molar-refractivity contribution in [3.05, 3.63) is 52.0 Å². The summed E-state index contributed by atoms with van der Waals surface area (Å²) in [7, 11) is 0. The molecule has 2 nitrogen and oxygen atoms in total. The average molecular weight is 290 g/mol. The van der Waals surface area contributed by atoms with E-state index in [2.05, 4.69) is 4.98 Å². The van der Waals surface area contributed by atoms with Crippen molar-refractivity contribution in [1.82, 2.24) is 9.55 Å². The maximum Gasteiger partial charge on any atom is 0.0948 e. The molecule has 0 amide bonds. The van der Waals surface area contributed by atoms with Crippen LogP contribution in [0.3, 0.4) is 0 Å². The summed E-state index contributed by atoms with van der Waals surface area (Å²) in [6.45, 7) is 0.809. The third-order valence-electron chi connectivity index (χ3n) is 2.57. The molecule has 0 aliphatic rings. The minimum absolute atomic E-state index is 0.467. The molecule has 1 aromatic heterocycles. The van der Waals surface area contributed by atoms with Gasteiger partial charge in [-0.3, -0.25) is 0 Å². The number of alkyl halides is 1. The van der Waals surface area contributed by atoms with Gasteiger partial charge in [-0.15, -0.1) is 11.6 Å². The molecule has 2 rings (SSSR count). The minimum atomic E-state index is 0.467. The molecule has 0 aliphatic carbocycles. The molecule has 0 saturated heterocycles. The number of aryl methyl sites for hydroxylation is 2. The smallest absolute Gasteiger partial charge is 0.0948 e. The zero-order chi connectivity index (χ0) is 12.3. The van der Waals surface area contributed by atoms with Crippen LogP contribution < -0.4 is 0 Å². The Hall–Kier alpha value is -0.700. The Kier molecular flexibility index (Phi) is 4.32. The van der Waals surface area contributed by atoms with Crippen LogP contribution in [0.4, 0.5) is 0 Å². The van der Waals surface area contributed by atoms with Gasteiger partial charge in [0.1, 0.15) is 0 Å². The molecule has 0 spiro atoms.